The van der Waals surface area contributed by atoms with E-state index in [1.165, 1.54) is 6.26 Å². The quantitative estimate of drug-likeness (QED) is 0.853. The van der Waals surface area contributed by atoms with Crippen LogP contribution in [-0.2, 0) is 16.6 Å². The number of para-hydroxylation sites is 1. The Morgan fingerprint density at radius 3 is 2.65 bits per heavy atom. The summed E-state index contributed by atoms with van der Waals surface area (Å²) in [4.78, 5) is 0. The molecule has 0 unspecified atom stereocenters. The highest BCUT2D eigenvalue weighted by atomic mass is 32.2. The Bertz CT molecular complexity index is 689. The van der Waals surface area contributed by atoms with Crippen molar-refractivity contribution in [2.75, 3.05) is 12.8 Å². The van der Waals surface area contributed by atoms with Crippen molar-refractivity contribution >= 4 is 21.0 Å². The zero-order chi connectivity index (χ0) is 14.8. The minimum atomic E-state index is -3.21. The van der Waals surface area contributed by atoms with Gasteiger partial charge in [0.25, 0.3) is 0 Å². The van der Waals surface area contributed by atoms with Gasteiger partial charge in [-0.05, 0) is 19.9 Å². The Hall–Kier alpha value is -1.37. The molecule has 5 nitrogen and oxygen atoms in total. The lowest BCUT2D eigenvalue weighted by molar-refractivity contribution is 0.420. The van der Waals surface area contributed by atoms with E-state index < -0.39 is 15.6 Å². The molecule has 0 saturated heterocycles. The van der Waals surface area contributed by atoms with Crippen LogP contribution >= 0.6 is 0 Å². The van der Waals surface area contributed by atoms with Crippen LogP contribution in [0.1, 0.15) is 19.4 Å². The van der Waals surface area contributed by atoms with Gasteiger partial charge < -0.3 is 9.73 Å². The summed E-state index contributed by atoms with van der Waals surface area (Å²) in [7, 11) is -3.21. The molecule has 0 atom stereocenters. The molecule has 1 heterocycles. The maximum atomic E-state index is 11.3. The third-order valence-electron chi connectivity index (χ3n) is 2.91. The number of benzene rings is 1. The molecule has 2 N–H and O–H groups in total. The highest BCUT2D eigenvalue weighted by Gasteiger charge is 2.21. The van der Waals surface area contributed by atoms with Crippen LogP contribution in [0.15, 0.2) is 34.9 Å². The lowest BCUT2D eigenvalue weighted by atomic mass is 10.1. The normalized spacial score (nSPS) is 12.9. The van der Waals surface area contributed by atoms with E-state index in [0.717, 1.165) is 16.5 Å². The van der Waals surface area contributed by atoms with Crippen molar-refractivity contribution in [3.63, 3.8) is 0 Å². The molecule has 2 aromatic rings. The van der Waals surface area contributed by atoms with Gasteiger partial charge in [-0.2, -0.15) is 0 Å². The largest absolute Gasteiger partial charge is 0.464 e. The predicted molar refractivity (Wildman–Crippen MR) is 80.0 cm³/mol. The van der Waals surface area contributed by atoms with Crippen molar-refractivity contribution in [1.29, 1.82) is 0 Å². The summed E-state index contributed by atoms with van der Waals surface area (Å²) in [6.45, 7) is 4.84. The van der Waals surface area contributed by atoms with Crippen LogP contribution < -0.4 is 10.0 Å². The van der Waals surface area contributed by atoms with E-state index >= 15 is 0 Å². The topological polar surface area (TPSA) is 71.3 Å². The average Bonchev–Trinajstić information content (AvgIpc) is 2.69. The predicted octanol–water partition coefficient (Wildman–Crippen LogP) is 1.85. The second kappa shape index (κ2) is 5.55. The molecule has 0 aliphatic carbocycles. The van der Waals surface area contributed by atoms with Gasteiger partial charge in [-0.1, -0.05) is 18.2 Å². The molecular formula is C14H20N2O3S. The van der Waals surface area contributed by atoms with Crippen LogP contribution in [0.25, 0.3) is 11.0 Å². The average molecular weight is 296 g/mol. The van der Waals surface area contributed by atoms with Crippen molar-refractivity contribution in [2.24, 2.45) is 0 Å². The van der Waals surface area contributed by atoms with E-state index in [0.29, 0.717) is 13.1 Å². The van der Waals surface area contributed by atoms with Gasteiger partial charge in [-0.25, -0.2) is 13.1 Å². The summed E-state index contributed by atoms with van der Waals surface area (Å²) >= 11 is 0. The zero-order valence-electron chi connectivity index (χ0n) is 11.9. The van der Waals surface area contributed by atoms with E-state index in [4.69, 9.17) is 4.42 Å². The molecule has 1 aromatic carbocycles. The molecular weight excluding hydrogens is 276 g/mol. The first-order valence-electron chi connectivity index (χ1n) is 6.42. The van der Waals surface area contributed by atoms with Gasteiger partial charge in [0.1, 0.15) is 5.58 Å². The molecule has 0 spiro atoms. The Balaban J connectivity index is 1.96. The molecule has 0 aliphatic heterocycles. The maximum Gasteiger partial charge on any atom is 0.209 e. The maximum absolute atomic E-state index is 11.3. The molecule has 0 saturated carbocycles. The van der Waals surface area contributed by atoms with E-state index in [-0.39, 0.29) is 0 Å². The van der Waals surface area contributed by atoms with Gasteiger partial charge in [0.05, 0.1) is 12.5 Å². The lowest BCUT2D eigenvalue weighted by Crippen LogP contribution is -2.49. The summed E-state index contributed by atoms with van der Waals surface area (Å²) in [6.07, 6.45) is 2.90. The Kier molecular flexibility index (Phi) is 4.17. The summed E-state index contributed by atoms with van der Waals surface area (Å²) in [5, 5.41) is 4.33. The molecule has 110 valence electrons. The minimum Gasteiger partial charge on any atom is -0.464 e. The molecule has 0 fully saturated rings. The van der Waals surface area contributed by atoms with Crippen LogP contribution in [0.4, 0.5) is 0 Å². The van der Waals surface area contributed by atoms with Crippen LogP contribution in [0, 0.1) is 0 Å². The van der Waals surface area contributed by atoms with Gasteiger partial charge in [0.2, 0.25) is 10.0 Å². The fraction of sp³-hybridized carbons (Fsp3) is 0.429. The van der Waals surface area contributed by atoms with Gasteiger partial charge >= 0.3 is 0 Å². The van der Waals surface area contributed by atoms with Crippen LogP contribution in [0.5, 0.6) is 0 Å². The van der Waals surface area contributed by atoms with Crippen molar-refractivity contribution in [2.45, 2.75) is 25.9 Å². The van der Waals surface area contributed by atoms with Crippen molar-refractivity contribution < 1.29 is 12.8 Å². The molecule has 0 amide bonds. The van der Waals surface area contributed by atoms with Crippen molar-refractivity contribution in [3.05, 3.63) is 36.1 Å². The molecule has 2 rings (SSSR count). The van der Waals surface area contributed by atoms with Crippen LogP contribution in [0.3, 0.4) is 0 Å². The van der Waals surface area contributed by atoms with E-state index in [1.54, 1.807) is 6.26 Å². The number of nitrogens with one attached hydrogen (secondary N) is 2. The third kappa shape index (κ3) is 4.06. The smallest absolute Gasteiger partial charge is 0.209 e. The highest BCUT2D eigenvalue weighted by molar-refractivity contribution is 7.88. The van der Waals surface area contributed by atoms with Crippen LogP contribution in [-0.4, -0.2) is 26.8 Å². The monoisotopic (exact) mass is 296 g/mol. The first kappa shape index (κ1) is 15.0. The van der Waals surface area contributed by atoms with E-state index in [9.17, 15) is 8.42 Å². The standard InChI is InChI=1S/C14H20N2O3S/c1-14(2,16-20(3,17)18)10-15-8-11-9-19-13-7-5-4-6-12(11)13/h4-7,9,15-16H,8,10H2,1-3H3. The van der Waals surface area contributed by atoms with Gasteiger partial charge in [-0.3, -0.25) is 0 Å². The summed E-state index contributed by atoms with van der Waals surface area (Å²) in [6, 6.07) is 7.84. The van der Waals surface area contributed by atoms with E-state index in [2.05, 4.69) is 10.0 Å². The number of hydrogen-bond donors (Lipinski definition) is 2. The third-order valence-corrected chi connectivity index (χ3v) is 3.83. The van der Waals surface area contributed by atoms with Crippen molar-refractivity contribution in [3.8, 4) is 0 Å². The Morgan fingerprint density at radius 1 is 1.25 bits per heavy atom. The molecule has 20 heavy (non-hydrogen) atoms. The number of furan rings is 1. The number of hydrogen-bond acceptors (Lipinski definition) is 4. The first-order valence-corrected chi connectivity index (χ1v) is 8.31. The summed E-state index contributed by atoms with van der Waals surface area (Å²) < 4.78 is 30.6. The summed E-state index contributed by atoms with van der Waals surface area (Å²) in [5.41, 5.74) is 1.39. The minimum absolute atomic E-state index is 0.527. The SMILES string of the molecule is CC(C)(CNCc1coc2ccccc12)NS(C)(=O)=O. The first-order chi connectivity index (χ1) is 9.27. The fourth-order valence-electron chi connectivity index (χ4n) is 2.22. The molecule has 1 aromatic heterocycles. The van der Waals surface area contributed by atoms with Crippen LogP contribution in [0.2, 0.25) is 0 Å². The Morgan fingerprint density at radius 2 is 1.95 bits per heavy atom. The van der Waals surface area contributed by atoms with Gasteiger partial charge in [0.15, 0.2) is 0 Å². The number of rotatable bonds is 6. The highest BCUT2D eigenvalue weighted by Crippen LogP contribution is 2.20. The Labute approximate surface area is 119 Å². The van der Waals surface area contributed by atoms with E-state index in [1.807, 2.05) is 38.1 Å². The fourth-order valence-corrected chi connectivity index (χ4v) is 3.29. The van der Waals surface area contributed by atoms with Gasteiger partial charge in [-0.15, -0.1) is 0 Å². The molecule has 0 bridgehead atoms. The number of sulfonamides is 1. The second-order valence-corrected chi connectivity index (χ2v) is 7.37. The summed E-state index contributed by atoms with van der Waals surface area (Å²) in [5.74, 6) is 0. The zero-order valence-corrected chi connectivity index (χ0v) is 12.8. The molecule has 0 radical (unpaired) electrons. The number of fused-ring (bicyclic) bond motifs is 1. The molecule has 0 aliphatic rings. The van der Waals surface area contributed by atoms with Crippen molar-refractivity contribution in [1.82, 2.24) is 10.0 Å². The van der Waals surface area contributed by atoms with Gasteiger partial charge in [0, 0.05) is 29.6 Å². The lowest BCUT2D eigenvalue weighted by Gasteiger charge is -2.25. The second-order valence-electron chi connectivity index (χ2n) is 5.62. The molecule has 6 heteroatoms.